The molecule has 1 aromatic heterocycles. The van der Waals surface area contributed by atoms with E-state index in [-0.39, 0.29) is 17.2 Å². The van der Waals surface area contributed by atoms with Crippen LogP contribution in [0.3, 0.4) is 0 Å². The minimum Gasteiger partial charge on any atom is -0.338 e. The summed E-state index contributed by atoms with van der Waals surface area (Å²) < 4.78 is 0. The Bertz CT molecular complexity index is 696. The summed E-state index contributed by atoms with van der Waals surface area (Å²) in [5.41, 5.74) is 0.129. The zero-order chi connectivity index (χ0) is 20.1. The van der Waals surface area contributed by atoms with Gasteiger partial charge in [-0.3, -0.25) is 19.4 Å². The van der Waals surface area contributed by atoms with Crippen LogP contribution in [0.4, 0.5) is 5.95 Å². The molecule has 2 aliphatic heterocycles. The Morgan fingerprint density at radius 3 is 2.28 bits per heavy atom. The molecule has 4 rings (SSSR count). The molecule has 0 N–H and O–H groups in total. The third-order valence-corrected chi connectivity index (χ3v) is 6.98. The molecular formula is C22H33N5O2. The minimum absolute atomic E-state index is 0.0512. The number of likely N-dealkylation sites (tertiary alicyclic amines) is 1. The van der Waals surface area contributed by atoms with E-state index in [4.69, 9.17) is 0 Å². The highest BCUT2D eigenvalue weighted by Gasteiger charge is 2.41. The van der Waals surface area contributed by atoms with Gasteiger partial charge >= 0.3 is 0 Å². The summed E-state index contributed by atoms with van der Waals surface area (Å²) in [6, 6.07) is 1.84. The lowest BCUT2D eigenvalue weighted by Crippen LogP contribution is -2.47. The van der Waals surface area contributed by atoms with Crippen LogP contribution in [0.5, 0.6) is 0 Å². The molecule has 0 bridgehead atoms. The van der Waals surface area contributed by atoms with Crippen molar-refractivity contribution in [3.63, 3.8) is 0 Å². The summed E-state index contributed by atoms with van der Waals surface area (Å²) >= 11 is 0. The van der Waals surface area contributed by atoms with Gasteiger partial charge in [0.2, 0.25) is 17.8 Å². The number of hydrogen-bond acceptors (Lipinski definition) is 6. The molecule has 29 heavy (non-hydrogen) atoms. The standard InChI is InChI=1S/C22H33N5O2/c28-19-6-9-22(7-1-2-8-22)18-20(29)27(19)13-4-3-12-25-14-16-26(17-15-25)21-23-10-5-11-24-21/h5,10-11H,1-4,6-9,12-18H2. The highest BCUT2D eigenvalue weighted by molar-refractivity contribution is 5.96. The van der Waals surface area contributed by atoms with Crippen molar-refractivity contribution in [3.8, 4) is 0 Å². The largest absolute Gasteiger partial charge is 0.338 e. The first-order valence-corrected chi connectivity index (χ1v) is 11.2. The van der Waals surface area contributed by atoms with Crippen LogP contribution in [0.25, 0.3) is 0 Å². The molecule has 0 aromatic carbocycles. The van der Waals surface area contributed by atoms with Gasteiger partial charge in [-0.05, 0) is 50.1 Å². The molecule has 7 heteroatoms. The van der Waals surface area contributed by atoms with Crippen molar-refractivity contribution in [2.24, 2.45) is 5.41 Å². The fraction of sp³-hybridized carbons (Fsp3) is 0.727. The Morgan fingerprint density at radius 2 is 1.55 bits per heavy atom. The topological polar surface area (TPSA) is 69.6 Å². The second kappa shape index (κ2) is 9.20. The van der Waals surface area contributed by atoms with Gasteiger partial charge in [-0.2, -0.15) is 0 Å². The van der Waals surface area contributed by atoms with Crippen LogP contribution in [0.2, 0.25) is 0 Å². The third kappa shape index (κ3) is 4.94. The molecule has 2 saturated heterocycles. The molecule has 3 fully saturated rings. The Kier molecular flexibility index (Phi) is 6.43. The lowest BCUT2D eigenvalue weighted by atomic mass is 9.79. The zero-order valence-electron chi connectivity index (χ0n) is 17.4. The van der Waals surface area contributed by atoms with E-state index in [0.717, 1.165) is 70.8 Å². The number of nitrogens with zero attached hydrogens (tertiary/aromatic N) is 5. The number of carbonyl (C=O) groups is 2. The first-order chi connectivity index (χ1) is 14.2. The molecule has 7 nitrogen and oxygen atoms in total. The van der Waals surface area contributed by atoms with Crippen molar-refractivity contribution in [1.29, 1.82) is 0 Å². The Morgan fingerprint density at radius 1 is 0.862 bits per heavy atom. The van der Waals surface area contributed by atoms with Crippen LogP contribution in [-0.2, 0) is 9.59 Å². The van der Waals surface area contributed by atoms with Crippen molar-refractivity contribution in [2.45, 2.75) is 57.8 Å². The molecule has 2 amide bonds. The van der Waals surface area contributed by atoms with Gasteiger partial charge in [0.1, 0.15) is 0 Å². The van der Waals surface area contributed by atoms with Crippen molar-refractivity contribution >= 4 is 17.8 Å². The number of imide groups is 1. The molecule has 1 aromatic rings. The quantitative estimate of drug-likeness (QED) is 0.541. The maximum atomic E-state index is 12.7. The number of hydrogen-bond donors (Lipinski definition) is 0. The Balaban J connectivity index is 1.18. The lowest BCUT2D eigenvalue weighted by Gasteiger charge is -2.34. The van der Waals surface area contributed by atoms with Gasteiger partial charge in [0.25, 0.3) is 0 Å². The molecule has 1 saturated carbocycles. The van der Waals surface area contributed by atoms with Gasteiger partial charge in [-0.15, -0.1) is 0 Å². The fourth-order valence-corrected chi connectivity index (χ4v) is 5.18. The first-order valence-electron chi connectivity index (χ1n) is 11.2. The van der Waals surface area contributed by atoms with Gasteiger partial charge in [0, 0.05) is 58.0 Å². The van der Waals surface area contributed by atoms with Crippen LogP contribution in [0.15, 0.2) is 18.5 Å². The van der Waals surface area contributed by atoms with Crippen LogP contribution in [-0.4, -0.2) is 70.9 Å². The van der Waals surface area contributed by atoms with Crippen LogP contribution < -0.4 is 4.90 Å². The van der Waals surface area contributed by atoms with Crippen LogP contribution in [0, 0.1) is 5.41 Å². The molecule has 0 unspecified atom stereocenters. The average Bonchev–Trinajstić information content (AvgIpc) is 3.17. The molecule has 0 radical (unpaired) electrons. The molecule has 158 valence electrons. The Labute approximate surface area is 173 Å². The number of rotatable bonds is 6. The maximum absolute atomic E-state index is 12.7. The van der Waals surface area contributed by atoms with Gasteiger partial charge in [-0.25, -0.2) is 9.97 Å². The third-order valence-electron chi connectivity index (χ3n) is 6.98. The molecule has 1 spiro atoms. The molecular weight excluding hydrogens is 366 g/mol. The van der Waals surface area contributed by atoms with Gasteiger partial charge in [-0.1, -0.05) is 12.8 Å². The van der Waals surface area contributed by atoms with E-state index in [1.54, 1.807) is 17.3 Å². The summed E-state index contributed by atoms with van der Waals surface area (Å²) in [6.45, 7) is 5.49. The highest BCUT2D eigenvalue weighted by atomic mass is 16.2. The average molecular weight is 400 g/mol. The zero-order valence-corrected chi connectivity index (χ0v) is 17.4. The fourth-order valence-electron chi connectivity index (χ4n) is 5.18. The monoisotopic (exact) mass is 399 g/mol. The van der Waals surface area contributed by atoms with Crippen LogP contribution >= 0.6 is 0 Å². The number of amides is 2. The Hall–Kier alpha value is -2.02. The number of anilines is 1. The summed E-state index contributed by atoms with van der Waals surface area (Å²) in [7, 11) is 0. The smallest absolute Gasteiger partial charge is 0.229 e. The SMILES string of the molecule is O=C1CCC2(CCCC2)CC(=O)N1CCCCN1CCN(c2ncccn2)CC1. The number of carbonyl (C=O) groups excluding carboxylic acids is 2. The normalized spacial score (nSPS) is 23.0. The number of piperazine rings is 1. The van der Waals surface area contributed by atoms with E-state index >= 15 is 0 Å². The minimum atomic E-state index is 0.0512. The second-order valence-corrected chi connectivity index (χ2v) is 8.91. The predicted molar refractivity (Wildman–Crippen MR) is 111 cm³/mol. The predicted octanol–water partition coefficient (Wildman–Crippen LogP) is 2.48. The van der Waals surface area contributed by atoms with Gasteiger partial charge in [0.15, 0.2) is 0 Å². The second-order valence-electron chi connectivity index (χ2n) is 8.91. The van der Waals surface area contributed by atoms with Crippen molar-refractivity contribution in [1.82, 2.24) is 19.8 Å². The van der Waals surface area contributed by atoms with E-state index in [1.807, 2.05) is 6.07 Å². The summed E-state index contributed by atoms with van der Waals surface area (Å²) in [6.07, 6.45) is 12.2. The molecule has 1 aliphatic carbocycles. The van der Waals surface area contributed by atoms with E-state index in [1.165, 1.54) is 12.8 Å². The van der Waals surface area contributed by atoms with Gasteiger partial charge < -0.3 is 4.90 Å². The van der Waals surface area contributed by atoms with E-state index in [0.29, 0.717) is 19.4 Å². The van der Waals surface area contributed by atoms with Crippen molar-refractivity contribution in [2.75, 3.05) is 44.2 Å². The van der Waals surface area contributed by atoms with E-state index in [9.17, 15) is 9.59 Å². The van der Waals surface area contributed by atoms with E-state index < -0.39 is 0 Å². The summed E-state index contributed by atoms with van der Waals surface area (Å²) in [5.74, 6) is 0.937. The van der Waals surface area contributed by atoms with Crippen molar-refractivity contribution < 1.29 is 9.59 Å². The maximum Gasteiger partial charge on any atom is 0.229 e. The number of aromatic nitrogens is 2. The molecule has 0 atom stereocenters. The molecule has 3 aliphatic rings. The molecule has 3 heterocycles. The summed E-state index contributed by atoms with van der Waals surface area (Å²) in [5, 5.41) is 0. The van der Waals surface area contributed by atoms with Crippen LogP contribution in [0.1, 0.15) is 57.8 Å². The first kappa shape index (κ1) is 20.3. The van der Waals surface area contributed by atoms with Crippen molar-refractivity contribution in [3.05, 3.63) is 18.5 Å². The summed E-state index contributed by atoms with van der Waals surface area (Å²) in [4.78, 5) is 40.1. The van der Waals surface area contributed by atoms with Gasteiger partial charge in [0.05, 0.1) is 0 Å². The highest BCUT2D eigenvalue weighted by Crippen LogP contribution is 2.46. The van der Waals surface area contributed by atoms with E-state index in [2.05, 4.69) is 19.8 Å². The lowest BCUT2D eigenvalue weighted by molar-refractivity contribution is -0.144. The number of unbranched alkanes of at least 4 members (excludes halogenated alkanes) is 1.